The second-order valence-electron chi connectivity index (χ2n) is 3.61. The molecule has 0 atom stereocenters. The lowest BCUT2D eigenvalue weighted by Crippen LogP contribution is -1.95. The Morgan fingerprint density at radius 3 is 2.94 bits per heavy atom. The van der Waals surface area contributed by atoms with Gasteiger partial charge in [0.15, 0.2) is 0 Å². The maximum absolute atomic E-state index is 10.4. The normalized spacial score (nSPS) is 10.9. The van der Waals surface area contributed by atoms with E-state index in [9.17, 15) is 4.79 Å². The second kappa shape index (κ2) is 4.65. The van der Waals surface area contributed by atoms with Crippen molar-refractivity contribution in [3.8, 4) is 5.69 Å². The number of benzene rings is 1. The van der Waals surface area contributed by atoms with E-state index in [1.54, 1.807) is 12.3 Å². The van der Waals surface area contributed by atoms with Crippen molar-refractivity contribution in [1.82, 2.24) is 9.55 Å². The first-order chi connectivity index (χ1) is 8.16. The second-order valence-corrected chi connectivity index (χ2v) is 3.61. The molecular formula is C13H12N2O2. The number of aromatic nitrogens is 2. The van der Waals surface area contributed by atoms with Gasteiger partial charge in [-0.05, 0) is 30.7 Å². The molecule has 0 aliphatic rings. The summed E-state index contributed by atoms with van der Waals surface area (Å²) in [6.45, 7) is 1.92. The summed E-state index contributed by atoms with van der Waals surface area (Å²) in [5.41, 5.74) is 1.81. The third-order valence-corrected chi connectivity index (χ3v) is 2.39. The van der Waals surface area contributed by atoms with Crippen LogP contribution in [0, 0.1) is 6.92 Å². The highest BCUT2D eigenvalue weighted by molar-refractivity contribution is 5.85. The largest absolute Gasteiger partial charge is 0.478 e. The Labute approximate surface area is 98.9 Å². The maximum Gasteiger partial charge on any atom is 0.328 e. The molecule has 0 amide bonds. The quantitative estimate of drug-likeness (QED) is 0.820. The molecule has 0 fully saturated rings. The monoisotopic (exact) mass is 228 g/mol. The molecule has 17 heavy (non-hydrogen) atoms. The van der Waals surface area contributed by atoms with Crippen LogP contribution in [0.25, 0.3) is 11.8 Å². The van der Waals surface area contributed by atoms with E-state index in [1.165, 1.54) is 0 Å². The Morgan fingerprint density at radius 1 is 1.47 bits per heavy atom. The number of imidazole rings is 1. The number of rotatable bonds is 3. The summed E-state index contributed by atoms with van der Waals surface area (Å²) in [6.07, 6.45) is 6.29. The fraction of sp³-hybridized carbons (Fsp3) is 0.0769. The highest BCUT2D eigenvalue weighted by Gasteiger charge is 2.00. The van der Waals surface area contributed by atoms with E-state index < -0.39 is 5.97 Å². The molecule has 0 aliphatic carbocycles. The van der Waals surface area contributed by atoms with E-state index in [0.29, 0.717) is 0 Å². The molecule has 2 aromatic rings. The Bertz CT molecular complexity index is 570. The zero-order valence-electron chi connectivity index (χ0n) is 9.37. The van der Waals surface area contributed by atoms with Crippen molar-refractivity contribution in [3.05, 3.63) is 54.1 Å². The molecule has 4 heteroatoms. The van der Waals surface area contributed by atoms with E-state index >= 15 is 0 Å². The number of nitrogens with zero attached hydrogens (tertiary/aromatic N) is 2. The van der Waals surface area contributed by atoms with Crippen LogP contribution in [0.5, 0.6) is 0 Å². The van der Waals surface area contributed by atoms with Crippen molar-refractivity contribution in [2.75, 3.05) is 0 Å². The van der Waals surface area contributed by atoms with E-state index in [-0.39, 0.29) is 0 Å². The van der Waals surface area contributed by atoms with Gasteiger partial charge >= 0.3 is 5.97 Å². The first-order valence-corrected chi connectivity index (χ1v) is 5.18. The topological polar surface area (TPSA) is 55.1 Å². The third-order valence-electron chi connectivity index (χ3n) is 2.39. The zero-order chi connectivity index (χ0) is 12.3. The Morgan fingerprint density at radius 2 is 2.29 bits per heavy atom. The first-order valence-electron chi connectivity index (χ1n) is 5.18. The molecular weight excluding hydrogens is 216 g/mol. The van der Waals surface area contributed by atoms with Crippen molar-refractivity contribution < 1.29 is 9.90 Å². The number of aliphatic carboxylic acids is 1. The molecule has 1 aromatic carbocycles. The van der Waals surface area contributed by atoms with Crippen molar-refractivity contribution >= 4 is 12.0 Å². The van der Waals surface area contributed by atoms with Crippen LogP contribution in [-0.4, -0.2) is 20.6 Å². The minimum Gasteiger partial charge on any atom is -0.478 e. The SMILES string of the molecule is Cc1nccn1-c1cccc(C=CC(=O)O)c1. The van der Waals surface area contributed by atoms with Crippen LogP contribution in [0.3, 0.4) is 0 Å². The molecule has 86 valence electrons. The van der Waals surface area contributed by atoms with Crippen molar-refractivity contribution in [2.24, 2.45) is 0 Å². The lowest BCUT2D eigenvalue weighted by Gasteiger charge is -2.05. The summed E-state index contributed by atoms with van der Waals surface area (Å²) in [5, 5.41) is 8.57. The van der Waals surface area contributed by atoms with Gasteiger partial charge in [0.25, 0.3) is 0 Å². The summed E-state index contributed by atoms with van der Waals surface area (Å²) >= 11 is 0. The molecule has 2 rings (SSSR count). The standard InChI is InChI=1S/C13H12N2O2/c1-10-14-7-8-15(10)12-4-2-3-11(9-12)5-6-13(16)17/h2-9H,1H3,(H,16,17). The number of carboxylic acids is 1. The van der Waals surface area contributed by atoms with Crippen LogP contribution >= 0.6 is 0 Å². The van der Waals surface area contributed by atoms with Crippen molar-refractivity contribution in [1.29, 1.82) is 0 Å². The zero-order valence-corrected chi connectivity index (χ0v) is 9.37. The van der Waals surface area contributed by atoms with Crippen molar-refractivity contribution in [2.45, 2.75) is 6.92 Å². The molecule has 0 spiro atoms. The maximum atomic E-state index is 10.4. The molecule has 4 nitrogen and oxygen atoms in total. The average molecular weight is 228 g/mol. The van der Waals surface area contributed by atoms with Gasteiger partial charge in [-0.3, -0.25) is 0 Å². The summed E-state index contributed by atoms with van der Waals surface area (Å²) in [4.78, 5) is 14.6. The van der Waals surface area contributed by atoms with Crippen molar-refractivity contribution in [3.63, 3.8) is 0 Å². The van der Waals surface area contributed by atoms with Gasteiger partial charge in [0.1, 0.15) is 5.82 Å². The van der Waals surface area contributed by atoms with Crippen LogP contribution in [0.1, 0.15) is 11.4 Å². The van der Waals surface area contributed by atoms with E-state index in [1.807, 2.05) is 42.0 Å². The van der Waals surface area contributed by atoms with Gasteiger partial charge in [-0.15, -0.1) is 0 Å². The smallest absolute Gasteiger partial charge is 0.328 e. The number of hydrogen-bond acceptors (Lipinski definition) is 2. The summed E-state index contributed by atoms with van der Waals surface area (Å²) < 4.78 is 1.94. The molecule has 0 unspecified atom stereocenters. The number of aryl methyl sites for hydroxylation is 1. The molecule has 0 radical (unpaired) electrons. The average Bonchev–Trinajstić information content (AvgIpc) is 2.73. The summed E-state index contributed by atoms with van der Waals surface area (Å²) in [6, 6.07) is 7.60. The number of hydrogen-bond donors (Lipinski definition) is 1. The fourth-order valence-corrected chi connectivity index (χ4v) is 1.60. The lowest BCUT2D eigenvalue weighted by molar-refractivity contribution is -0.131. The van der Waals surface area contributed by atoms with E-state index in [4.69, 9.17) is 5.11 Å². The van der Waals surface area contributed by atoms with Gasteiger partial charge in [0.05, 0.1) is 0 Å². The molecule has 0 bridgehead atoms. The van der Waals surface area contributed by atoms with E-state index in [0.717, 1.165) is 23.2 Å². The highest BCUT2D eigenvalue weighted by atomic mass is 16.4. The Kier molecular flexibility index (Phi) is 3.05. The van der Waals surface area contributed by atoms with Gasteiger partial charge in [-0.25, -0.2) is 9.78 Å². The summed E-state index contributed by atoms with van der Waals surface area (Å²) in [5.74, 6) is -0.0569. The Balaban J connectivity index is 2.35. The van der Waals surface area contributed by atoms with Crippen LogP contribution in [0.15, 0.2) is 42.7 Å². The molecule has 1 aromatic heterocycles. The number of carboxylic acid groups (broad SMARTS) is 1. The lowest BCUT2D eigenvalue weighted by atomic mass is 10.2. The molecule has 0 aliphatic heterocycles. The Hall–Kier alpha value is -2.36. The van der Waals surface area contributed by atoms with Crippen LogP contribution in [0.2, 0.25) is 0 Å². The van der Waals surface area contributed by atoms with E-state index in [2.05, 4.69) is 4.98 Å². The van der Waals surface area contributed by atoms with Gasteiger partial charge in [0.2, 0.25) is 0 Å². The van der Waals surface area contributed by atoms with Gasteiger partial charge in [-0.2, -0.15) is 0 Å². The minimum atomic E-state index is -0.950. The highest BCUT2D eigenvalue weighted by Crippen LogP contribution is 2.13. The van der Waals surface area contributed by atoms with Crippen LogP contribution in [-0.2, 0) is 4.79 Å². The predicted molar refractivity (Wildman–Crippen MR) is 65.0 cm³/mol. The van der Waals surface area contributed by atoms with Crippen LogP contribution < -0.4 is 0 Å². The molecule has 1 heterocycles. The number of carbonyl (C=O) groups is 1. The third kappa shape index (κ3) is 2.60. The van der Waals surface area contributed by atoms with Gasteiger partial charge < -0.3 is 9.67 Å². The minimum absolute atomic E-state index is 0.845. The molecule has 0 saturated heterocycles. The first kappa shape index (κ1) is 11.1. The molecule has 1 N–H and O–H groups in total. The van der Waals surface area contributed by atoms with Gasteiger partial charge in [-0.1, -0.05) is 12.1 Å². The predicted octanol–water partition coefficient (Wildman–Crippen LogP) is 2.28. The fourth-order valence-electron chi connectivity index (χ4n) is 1.60. The molecule has 0 saturated carbocycles. The van der Waals surface area contributed by atoms with Gasteiger partial charge in [0, 0.05) is 24.2 Å². The van der Waals surface area contributed by atoms with Crippen LogP contribution in [0.4, 0.5) is 0 Å². The summed E-state index contributed by atoms with van der Waals surface area (Å²) in [7, 11) is 0.